The van der Waals surface area contributed by atoms with Crippen LogP contribution in [0.5, 0.6) is 5.75 Å². The number of hydrogen-bond acceptors (Lipinski definition) is 6. The monoisotopic (exact) mass is 351 g/mol. The highest BCUT2D eigenvalue weighted by atomic mass is 32.1. The number of nitrogens with one attached hydrogen (secondary N) is 1. The maximum absolute atomic E-state index is 5.27. The van der Waals surface area contributed by atoms with E-state index in [1.54, 1.807) is 31.0 Å². The van der Waals surface area contributed by atoms with Gasteiger partial charge in [0.05, 0.1) is 17.3 Å². The third kappa shape index (κ3) is 2.94. The van der Waals surface area contributed by atoms with E-state index in [1.165, 1.54) is 0 Å². The minimum absolute atomic E-state index is 0.133. The summed E-state index contributed by atoms with van der Waals surface area (Å²) in [6, 6.07) is 9.85. The van der Waals surface area contributed by atoms with Gasteiger partial charge in [-0.3, -0.25) is 0 Å². The van der Waals surface area contributed by atoms with E-state index in [0.29, 0.717) is 0 Å². The van der Waals surface area contributed by atoms with E-state index in [-0.39, 0.29) is 6.04 Å². The number of aryl methyl sites for hydroxylation is 1. The number of methoxy groups -OCH3 is 1. The van der Waals surface area contributed by atoms with E-state index in [0.717, 1.165) is 33.2 Å². The van der Waals surface area contributed by atoms with Crippen LogP contribution in [0.1, 0.15) is 17.4 Å². The van der Waals surface area contributed by atoms with Crippen molar-refractivity contribution >= 4 is 27.4 Å². The van der Waals surface area contributed by atoms with Crippen molar-refractivity contribution in [3.8, 4) is 5.75 Å². The molecule has 0 saturated carbocycles. The van der Waals surface area contributed by atoms with Crippen molar-refractivity contribution in [2.45, 2.75) is 6.04 Å². The summed E-state index contributed by atoms with van der Waals surface area (Å²) in [5.41, 5.74) is 2.02. The summed E-state index contributed by atoms with van der Waals surface area (Å²) in [7, 11) is 3.65. The van der Waals surface area contributed by atoms with Crippen LogP contribution in [0.15, 0.2) is 54.4 Å². The van der Waals surface area contributed by atoms with Crippen molar-refractivity contribution in [2.24, 2.45) is 7.05 Å². The predicted molar refractivity (Wildman–Crippen MR) is 99.1 cm³/mol. The average molecular weight is 351 g/mol. The first-order valence-corrected chi connectivity index (χ1v) is 8.70. The van der Waals surface area contributed by atoms with Gasteiger partial charge < -0.3 is 14.6 Å². The number of thiophene rings is 1. The van der Waals surface area contributed by atoms with Gasteiger partial charge in [-0.1, -0.05) is 12.1 Å². The minimum atomic E-state index is -0.133. The van der Waals surface area contributed by atoms with Gasteiger partial charge in [0.1, 0.15) is 29.8 Å². The molecule has 0 aliphatic heterocycles. The van der Waals surface area contributed by atoms with Crippen molar-refractivity contribution in [2.75, 3.05) is 12.4 Å². The molecule has 4 rings (SSSR count). The third-order valence-electron chi connectivity index (χ3n) is 4.09. The van der Waals surface area contributed by atoms with Gasteiger partial charge in [0.15, 0.2) is 0 Å². The van der Waals surface area contributed by atoms with Crippen LogP contribution in [0, 0.1) is 0 Å². The number of aromatic nitrogens is 4. The second-order valence-corrected chi connectivity index (χ2v) is 6.52. The Labute approximate surface area is 149 Å². The summed E-state index contributed by atoms with van der Waals surface area (Å²) < 4.78 is 8.31. The summed E-state index contributed by atoms with van der Waals surface area (Å²) in [5.74, 6) is 2.54. The molecule has 1 atom stereocenters. The maximum Gasteiger partial charge on any atom is 0.148 e. The zero-order valence-corrected chi connectivity index (χ0v) is 14.7. The molecule has 0 amide bonds. The summed E-state index contributed by atoms with van der Waals surface area (Å²) in [6.07, 6.45) is 5.32. The lowest BCUT2D eigenvalue weighted by Crippen LogP contribution is -2.17. The maximum atomic E-state index is 5.27. The standard InChI is InChI=1S/C18H17N5OS/c1-23-9-8-19-18(23)15(12-3-5-13(24-2)6-4-12)22-17-16-14(7-10-25-16)20-11-21-17/h3-11,15H,1-2H3,(H,20,21,22)/t15-/m1/s1. The van der Waals surface area contributed by atoms with Crippen molar-refractivity contribution < 1.29 is 4.74 Å². The first-order valence-electron chi connectivity index (χ1n) is 7.82. The molecular weight excluding hydrogens is 334 g/mol. The molecule has 126 valence electrons. The number of anilines is 1. The molecule has 1 N–H and O–H groups in total. The number of fused-ring (bicyclic) bond motifs is 1. The van der Waals surface area contributed by atoms with Gasteiger partial charge in [-0.15, -0.1) is 11.3 Å². The Bertz CT molecular complexity index is 992. The summed E-state index contributed by atoms with van der Waals surface area (Å²) in [4.78, 5) is 13.3. The van der Waals surface area contributed by atoms with E-state index < -0.39 is 0 Å². The Morgan fingerprint density at radius 3 is 2.68 bits per heavy atom. The van der Waals surface area contributed by atoms with Gasteiger partial charge >= 0.3 is 0 Å². The fourth-order valence-electron chi connectivity index (χ4n) is 2.78. The molecule has 0 saturated heterocycles. The molecule has 3 heterocycles. The van der Waals surface area contributed by atoms with E-state index in [4.69, 9.17) is 4.74 Å². The second-order valence-electron chi connectivity index (χ2n) is 5.60. The van der Waals surface area contributed by atoms with Crippen LogP contribution in [-0.2, 0) is 7.05 Å². The smallest absolute Gasteiger partial charge is 0.148 e. The molecule has 0 aliphatic carbocycles. The highest BCUT2D eigenvalue weighted by Crippen LogP contribution is 2.31. The molecular formula is C18H17N5OS. The van der Waals surface area contributed by atoms with Gasteiger partial charge in [0, 0.05) is 19.4 Å². The molecule has 6 nitrogen and oxygen atoms in total. The van der Waals surface area contributed by atoms with Gasteiger partial charge in [-0.2, -0.15) is 0 Å². The molecule has 0 spiro atoms. The molecule has 4 aromatic rings. The van der Waals surface area contributed by atoms with Gasteiger partial charge in [0.2, 0.25) is 0 Å². The first-order chi connectivity index (χ1) is 12.3. The van der Waals surface area contributed by atoms with E-state index in [9.17, 15) is 0 Å². The van der Waals surface area contributed by atoms with Crippen molar-refractivity contribution in [3.63, 3.8) is 0 Å². The van der Waals surface area contributed by atoms with Crippen molar-refractivity contribution in [3.05, 3.63) is 65.8 Å². The molecule has 7 heteroatoms. The van der Waals surface area contributed by atoms with Gasteiger partial charge in [0.25, 0.3) is 0 Å². The van der Waals surface area contributed by atoms with E-state index >= 15 is 0 Å². The van der Waals surface area contributed by atoms with Crippen LogP contribution in [0.4, 0.5) is 5.82 Å². The lowest BCUT2D eigenvalue weighted by Gasteiger charge is -2.20. The van der Waals surface area contributed by atoms with Crippen LogP contribution in [0.3, 0.4) is 0 Å². The largest absolute Gasteiger partial charge is 0.497 e. The highest BCUT2D eigenvalue weighted by molar-refractivity contribution is 7.17. The number of imidazole rings is 1. The molecule has 3 aromatic heterocycles. The number of rotatable bonds is 5. The van der Waals surface area contributed by atoms with Crippen LogP contribution >= 0.6 is 11.3 Å². The number of nitrogens with zero attached hydrogens (tertiary/aromatic N) is 4. The Morgan fingerprint density at radius 2 is 1.96 bits per heavy atom. The normalized spacial score (nSPS) is 12.2. The Balaban J connectivity index is 1.77. The van der Waals surface area contributed by atoms with Crippen molar-refractivity contribution in [1.82, 2.24) is 19.5 Å². The zero-order chi connectivity index (χ0) is 17.2. The quantitative estimate of drug-likeness (QED) is 0.595. The third-order valence-corrected chi connectivity index (χ3v) is 5.00. The first kappa shape index (κ1) is 15.6. The average Bonchev–Trinajstić information content (AvgIpc) is 3.29. The van der Waals surface area contributed by atoms with Gasteiger partial charge in [-0.25, -0.2) is 15.0 Å². The summed E-state index contributed by atoms with van der Waals surface area (Å²) in [6.45, 7) is 0. The molecule has 0 aliphatic rings. The topological polar surface area (TPSA) is 64.9 Å². The second kappa shape index (κ2) is 6.52. The Hall–Kier alpha value is -2.93. The molecule has 0 bridgehead atoms. The summed E-state index contributed by atoms with van der Waals surface area (Å²) in [5, 5.41) is 5.56. The Kier molecular flexibility index (Phi) is 4.07. The Morgan fingerprint density at radius 1 is 1.12 bits per heavy atom. The van der Waals surface area contributed by atoms with Crippen LogP contribution in [-0.4, -0.2) is 26.6 Å². The lowest BCUT2D eigenvalue weighted by molar-refractivity contribution is 0.414. The molecule has 1 aromatic carbocycles. The van der Waals surface area contributed by atoms with E-state index in [2.05, 4.69) is 20.3 Å². The number of ether oxygens (including phenoxy) is 1. The van der Waals surface area contributed by atoms with Crippen LogP contribution in [0.25, 0.3) is 10.2 Å². The van der Waals surface area contributed by atoms with Crippen LogP contribution in [0.2, 0.25) is 0 Å². The lowest BCUT2D eigenvalue weighted by atomic mass is 10.1. The summed E-state index contributed by atoms with van der Waals surface area (Å²) >= 11 is 1.62. The fraction of sp³-hybridized carbons (Fsp3) is 0.167. The zero-order valence-electron chi connectivity index (χ0n) is 13.9. The van der Waals surface area contributed by atoms with Crippen molar-refractivity contribution in [1.29, 1.82) is 0 Å². The molecule has 25 heavy (non-hydrogen) atoms. The highest BCUT2D eigenvalue weighted by Gasteiger charge is 2.20. The molecule has 0 radical (unpaired) electrons. The molecule has 0 unspecified atom stereocenters. The number of hydrogen-bond donors (Lipinski definition) is 1. The fourth-order valence-corrected chi connectivity index (χ4v) is 3.57. The van der Waals surface area contributed by atoms with Crippen LogP contribution < -0.4 is 10.1 Å². The minimum Gasteiger partial charge on any atom is -0.497 e. The SMILES string of the molecule is COc1ccc([C@@H](Nc2ncnc3ccsc23)c2nccn2C)cc1. The van der Waals surface area contributed by atoms with Gasteiger partial charge in [-0.05, 0) is 29.1 Å². The molecule has 0 fully saturated rings. The number of benzene rings is 1. The predicted octanol–water partition coefficient (Wildman–Crippen LogP) is 3.63. The van der Waals surface area contributed by atoms with E-state index in [1.807, 2.05) is 53.5 Å².